The van der Waals surface area contributed by atoms with Crippen LogP contribution in [0, 0.1) is 5.92 Å². The number of methoxy groups -OCH3 is 1. The molecule has 0 aromatic carbocycles. The number of nitrogens with one attached hydrogen (secondary N) is 2. The molecular formula is C19H27N3O7. The highest BCUT2D eigenvalue weighted by molar-refractivity contribution is 5.98. The van der Waals surface area contributed by atoms with E-state index in [0.29, 0.717) is 0 Å². The summed E-state index contributed by atoms with van der Waals surface area (Å²) in [5.74, 6) is -2.94. The van der Waals surface area contributed by atoms with Crippen LogP contribution in [0.4, 0.5) is 0 Å². The molecule has 0 bridgehead atoms. The van der Waals surface area contributed by atoms with Crippen molar-refractivity contribution >= 4 is 23.6 Å². The van der Waals surface area contributed by atoms with Crippen molar-refractivity contribution in [2.45, 2.75) is 39.2 Å². The Kier molecular flexibility index (Phi) is 9.04. The molecule has 0 aliphatic carbocycles. The molecule has 1 rings (SSSR count). The molecule has 0 radical (unpaired) electrons. The quantitative estimate of drug-likeness (QED) is 0.457. The number of amides is 2. The molecule has 0 unspecified atom stereocenters. The van der Waals surface area contributed by atoms with Gasteiger partial charge in [-0.15, -0.1) is 0 Å². The zero-order valence-electron chi connectivity index (χ0n) is 17.0. The average molecular weight is 409 g/mol. The van der Waals surface area contributed by atoms with Crippen LogP contribution in [0.2, 0.25) is 0 Å². The number of pyridine rings is 1. The molecule has 0 spiro atoms. The highest BCUT2D eigenvalue weighted by Gasteiger charge is 2.25. The fraction of sp³-hybridized carbons (Fsp3) is 0.526. The van der Waals surface area contributed by atoms with E-state index in [9.17, 15) is 29.1 Å². The minimum absolute atomic E-state index is 0.0364. The number of hydrogen-bond acceptors (Lipinski definition) is 7. The number of aromatic hydroxyl groups is 1. The standard InChI is InChI=1S/C19H27N3O7/c1-11(2)9-13(18(27)20-10-12(23)5-6-15(25)29-4)21-19(28)16-17(26)14(24)7-8-22(16)3/h7-8,11,13,26H,5-6,9-10H2,1-4H3,(H,20,27)(H,21,28)/t13-/m0/s1. The summed E-state index contributed by atoms with van der Waals surface area (Å²) >= 11 is 0. The summed E-state index contributed by atoms with van der Waals surface area (Å²) in [6.45, 7) is 3.41. The van der Waals surface area contributed by atoms with Crippen LogP contribution < -0.4 is 16.1 Å². The Bertz CT molecular complexity index is 830. The first kappa shape index (κ1) is 23.9. The van der Waals surface area contributed by atoms with Crippen LogP contribution in [0.1, 0.15) is 43.6 Å². The molecule has 1 atom stereocenters. The molecule has 1 aromatic heterocycles. The molecule has 1 heterocycles. The van der Waals surface area contributed by atoms with Crippen LogP contribution in [0.25, 0.3) is 0 Å². The SMILES string of the molecule is COC(=O)CCC(=O)CNC(=O)[C@H](CC(C)C)NC(=O)c1c(O)c(=O)ccn1C. The average Bonchev–Trinajstić information content (AvgIpc) is 2.66. The molecule has 0 saturated heterocycles. The van der Waals surface area contributed by atoms with Crippen LogP contribution in [-0.2, 0) is 26.2 Å². The van der Waals surface area contributed by atoms with E-state index in [1.165, 1.54) is 24.9 Å². The lowest BCUT2D eigenvalue weighted by atomic mass is 10.0. The van der Waals surface area contributed by atoms with Crippen molar-refractivity contribution in [3.8, 4) is 5.75 Å². The number of rotatable bonds is 10. The van der Waals surface area contributed by atoms with Crippen LogP contribution in [-0.4, -0.2) is 52.9 Å². The van der Waals surface area contributed by atoms with Gasteiger partial charge >= 0.3 is 5.97 Å². The molecule has 10 nitrogen and oxygen atoms in total. The Morgan fingerprint density at radius 3 is 2.45 bits per heavy atom. The number of esters is 1. The molecule has 160 valence electrons. The van der Waals surface area contributed by atoms with Crippen molar-refractivity contribution in [3.05, 3.63) is 28.2 Å². The van der Waals surface area contributed by atoms with E-state index in [-0.39, 0.29) is 43.2 Å². The van der Waals surface area contributed by atoms with Gasteiger partial charge in [0.1, 0.15) is 6.04 Å². The van der Waals surface area contributed by atoms with E-state index in [2.05, 4.69) is 15.4 Å². The molecule has 0 fully saturated rings. The predicted molar refractivity (Wildman–Crippen MR) is 103 cm³/mol. The van der Waals surface area contributed by atoms with Gasteiger partial charge in [0.2, 0.25) is 11.3 Å². The first-order chi connectivity index (χ1) is 13.6. The van der Waals surface area contributed by atoms with E-state index in [0.717, 1.165) is 6.07 Å². The van der Waals surface area contributed by atoms with Crippen LogP contribution in [0.5, 0.6) is 5.75 Å². The Labute approximate surface area is 168 Å². The number of carbonyl (C=O) groups excluding carboxylic acids is 4. The molecule has 1 aromatic rings. The van der Waals surface area contributed by atoms with Crippen molar-refractivity contribution < 1.29 is 29.0 Å². The number of Topliss-reactive ketones (excluding diaryl/α,β-unsaturated/α-hetero) is 1. The molecule has 2 amide bonds. The third-order valence-electron chi connectivity index (χ3n) is 4.10. The van der Waals surface area contributed by atoms with Crippen molar-refractivity contribution in [2.24, 2.45) is 13.0 Å². The molecule has 3 N–H and O–H groups in total. The van der Waals surface area contributed by atoms with Gasteiger partial charge in [-0.05, 0) is 12.3 Å². The second kappa shape index (κ2) is 11.0. The lowest BCUT2D eigenvalue weighted by molar-refractivity contribution is -0.141. The van der Waals surface area contributed by atoms with Gasteiger partial charge in [-0.25, -0.2) is 0 Å². The van der Waals surface area contributed by atoms with Gasteiger partial charge in [-0.2, -0.15) is 0 Å². The molecule has 0 aliphatic rings. The molecule has 0 saturated carbocycles. The highest BCUT2D eigenvalue weighted by atomic mass is 16.5. The lowest BCUT2D eigenvalue weighted by Crippen LogP contribution is -2.49. The van der Waals surface area contributed by atoms with Crippen molar-refractivity contribution in [2.75, 3.05) is 13.7 Å². The number of nitrogens with zero attached hydrogens (tertiary/aromatic N) is 1. The Balaban J connectivity index is 2.82. The predicted octanol–water partition coefficient (Wildman–Crippen LogP) is -0.126. The van der Waals surface area contributed by atoms with Gasteiger partial charge in [0.05, 0.1) is 20.1 Å². The number of aromatic nitrogens is 1. The van der Waals surface area contributed by atoms with E-state index in [1.54, 1.807) is 0 Å². The topological polar surface area (TPSA) is 144 Å². The molecule has 29 heavy (non-hydrogen) atoms. The van der Waals surface area contributed by atoms with Crippen LogP contribution in [0.15, 0.2) is 17.1 Å². The van der Waals surface area contributed by atoms with Crippen molar-refractivity contribution in [1.29, 1.82) is 0 Å². The van der Waals surface area contributed by atoms with Crippen LogP contribution in [0.3, 0.4) is 0 Å². The molecule has 0 aliphatic heterocycles. The summed E-state index contributed by atoms with van der Waals surface area (Å²) in [4.78, 5) is 59.5. The number of carbonyl (C=O) groups is 4. The number of aryl methyl sites for hydroxylation is 1. The summed E-state index contributed by atoms with van der Waals surface area (Å²) in [6, 6.07) is 0.135. The fourth-order valence-corrected chi connectivity index (χ4v) is 2.55. The minimum atomic E-state index is -0.981. The summed E-state index contributed by atoms with van der Waals surface area (Å²) < 4.78 is 5.72. The Morgan fingerprint density at radius 1 is 1.21 bits per heavy atom. The van der Waals surface area contributed by atoms with Crippen molar-refractivity contribution in [3.63, 3.8) is 0 Å². The van der Waals surface area contributed by atoms with Gasteiger partial charge < -0.3 is 25.0 Å². The van der Waals surface area contributed by atoms with E-state index in [1.807, 2.05) is 13.8 Å². The summed E-state index contributed by atoms with van der Waals surface area (Å²) in [7, 11) is 2.69. The zero-order chi connectivity index (χ0) is 22.1. The Morgan fingerprint density at radius 2 is 1.86 bits per heavy atom. The molecule has 10 heteroatoms. The summed E-state index contributed by atoms with van der Waals surface area (Å²) in [5.41, 5.74) is -0.984. The largest absolute Gasteiger partial charge is 0.503 e. The van der Waals surface area contributed by atoms with Gasteiger partial charge in [-0.1, -0.05) is 13.8 Å². The van der Waals surface area contributed by atoms with Gasteiger partial charge in [-0.3, -0.25) is 24.0 Å². The zero-order valence-corrected chi connectivity index (χ0v) is 17.0. The maximum absolute atomic E-state index is 12.6. The lowest BCUT2D eigenvalue weighted by Gasteiger charge is -2.21. The van der Waals surface area contributed by atoms with Gasteiger partial charge in [0.15, 0.2) is 17.2 Å². The normalized spacial score (nSPS) is 11.6. The smallest absolute Gasteiger partial charge is 0.305 e. The number of ketones is 1. The van der Waals surface area contributed by atoms with Crippen LogP contribution >= 0.6 is 0 Å². The summed E-state index contributed by atoms with van der Waals surface area (Å²) in [6.07, 6.45) is 1.44. The second-order valence-corrected chi connectivity index (χ2v) is 6.98. The molecular weight excluding hydrogens is 382 g/mol. The van der Waals surface area contributed by atoms with E-state index >= 15 is 0 Å². The summed E-state index contributed by atoms with van der Waals surface area (Å²) in [5, 5.41) is 14.8. The van der Waals surface area contributed by atoms with Crippen molar-refractivity contribution in [1.82, 2.24) is 15.2 Å². The second-order valence-electron chi connectivity index (χ2n) is 6.98. The first-order valence-electron chi connectivity index (χ1n) is 9.12. The number of hydrogen-bond donors (Lipinski definition) is 3. The third-order valence-corrected chi connectivity index (χ3v) is 4.10. The third kappa shape index (κ3) is 7.40. The van der Waals surface area contributed by atoms with E-state index in [4.69, 9.17) is 0 Å². The highest BCUT2D eigenvalue weighted by Crippen LogP contribution is 2.12. The number of ether oxygens (including phenoxy) is 1. The fourth-order valence-electron chi connectivity index (χ4n) is 2.55. The van der Waals surface area contributed by atoms with Gasteiger partial charge in [0.25, 0.3) is 5.91 Å². The first-order valence-corrected chi connectivity index (χ1v) is 9.12. The van der Waals surface area contributed by atoms with E-state index < -0.39 is 35.0 Å². The van der Waals surface area contributed by atoms with Gasteiger partial charge in [0, 0.05) is 25.7 Å². The monoisotopic (exact) mass is 409 g/mol. The Hall–Kier alpha value is -3.17. The maximum Gasteiger partial charge on any atom is 0.305 e. The maximum atomic E-state index is 12.6. The minimum Gasteiger partial charge on any atom is -0.503 e.